The van der Waals surface area contributed by atoms with Crippen LogP contribution in [0.4, 0.5) is 0 Å². The number of hydrogen-bond acceptors (Lipinski definition) is 2. The quantitative estimate of drug-likeness (QED) is 0.755. The summed E-state index contributed by atoms with van der Waals surface area (Å²) in [6, 6.07) is 2.35. The molecule has 1 aromatic heterocycles. The maximum Gasteiger partial charge on any atom is 0.0616 e. The number of pyridine rings is 1. The normalized spacial score (nSPS) is 18.5. The standard InChI is InChI=1S/C8H9ClN2.2ClH/c1-5-8-6(3-10-5)2-7(9)4-11-8;;/h2,4-5,10H,3H2,1H3;2*1H. The Bertz CT molecular complexity index is 291. The van der Waals surface area contributed by atoms with E-state index in [1.165, 1.54) is 5.56 Å². The van der Waals surface area contributed by atoms with Gasteiger partial charge >= 0.3 is 0 Å². The molecule has 0 radical (unpaired) electrons. The van der Waals surface area contributed by atoms with Crippen molar-refractivity contribution in [2.45, 2.75) is 19.5 Å². The first-order valence-corrected chi connectivity index (χ1v) is 4.03. The van der Waals surface area contributed by atoms with E-state index in [9.17, 15) is 0 Å². The van der Waals surface area contributed by atoms with Gasteiger partial charge in [0.15, 0.2) is 0 Å². The lowest BCUT2D eigenvalue weighted by Gasteiger charge is -2.01. The van der Waals surface area contributed by atoms with E-state index in [1.807, 2.05) is 6.07 Å². The molecule has 2 heterocycles. The lowest BCUT2D eigenvalue weighted by Crippen LogP contribution is -2.07. The molecule has 1 aliphatic rings. The molecule has 13 heavy (non-hydrogen) atoms. The number of rotatable bonds is 0. The van der Waals surface area contributed by atoms with Gasteiger partial charge in [-0.05, 0) is 18.6 Å². The summed E-state index contributed by atoms with van der Waals surface area (Å²) in [4.78, 5) is 4.25. The minimum absolute atomic E-state index is 0. The van der Waals surface area contributed by atoms with Crippen LogP contribution in [0.5, 0.6) is 0 Å². The van der Waals surface area contributed by atoms with E-state index < -0.39 is 0 Å². The van der Waals surface area contributed by atoms with Crippen LogP contribution >= 0.6 is 36.4 Å². The highest BCUT2D eigenvalue weighted by Crippen LogP contribution is 2.24. The smallest absolute Gasteiger partial charge is 0.0616 e. The second-order valence-electron chi connectivity index (χ2n) is 2.80. The van der Waals surface area contributed by atoms with Crippen LogP contribution in [-0.4, -0.2) is 4.98 Å². The van der Waals surface area contributed by atoms with Gasteiger partial charge in [0.2, 0.25) is 0 Å². The summed E-state index contributed by atoms with van der Waals surface area (Å²) in [6.45, 7) is 3.00. The summed E-state index contributed by atoms with van der Waals surface area (Å²) in [5, 5.41) is 4.01. The SMILES string of the molecule is CC1NCc2cc(Cl)cnc21.Cl.Cl. The number of nitrogens with zero attached hydrogens (tertiary/aromatic N) is 1. The van der Waals surface area contributed by atoms with Gasteiger partial charge in [-0.2, -0.15) is 0 Å². The Hall–Kier alpha value is -0.0200. The summed E-state index contributed by atoms with van der Waals surface area (Å²) in [5.74, 6) is 0. The third-order valence-electron chi connectivity index (χ3n) is 1.98. The van der Waals surface area contributed by atoms with Crippen molar-refractivity contribution in [1.29, 1.82) is 0 Å². The van der Waals surface area contributed by atoms with Crippen molar-refractivity contribution in [2.24, 2.45) is 0 Å². The predicted octanol–water partition coefficient (Wildman–Crippen LogP) is 2.74. The maximum atomic E-state index is 5.78. The third kappa shape index (κ3) is 2.47. The Morgan fingerprint density at radius 2 is 2.23 bits per heavy atom. The van der Waals surface area contributed by atoms with E-state index in [2.05, 4.69) is 17.2 Å². The van der Waals surface area contributed by atoms with Crippen LogP contribution < -0.4 is 5.32 Å². The molecule has 0 amide bonds. The highest BCUT2D eigenvalue weighted by atomic mass is 35.5. The van der Waals surface area contributed by atoms with Crippen LogP contribution in [0.3, 0.4) is 0 Å². The number of hydrogen-bond donors (Lipinski definition) is 1. The van der Waals surface area contributed by atoms with E-state index in [1.54, 1.807) is 6.20 Å². The largest absolute Gasteiger partial charge is 0.305 e. The Kier molecular flexibility index (Phi) is 5.00. The van der Waals surface area contributed by atoms with E-state index >= 15 is 0 Å². The average Bonchev–Trinajstić information content (AvgIpc) is 2.32. The van der Waals surface area contributed by atoms with Gasteiger partial charge in [-0.3, -0.25) is 4.98 Å². The topological polar surface area (TPSA) is 24.9 Å². The fraction of sp³-hybridized carbons (Fsp3) is 0.375. The Morgan fingerprint density at radius 1 is 1.54 bits per heavy atom. The molecule has 1 N–H and O–H groups in total. The first-order chi connectivity index (χ1) is 5.27. The highest BCUT2D eigenvalue weighted by Gasteiger charge is 2.18. The zero-order valence-corrected chi connectivity index (χ0v) is 9.47. The lowest BCUT2D eigenvalue weighted by atomic mass is 10.2. The zero-order valence-electron chi connectivity index (χ0n) is 7.08. The Balaban J connectivity index is 0.000000720. The molecule has 2 nitrogen and oxygen atoms in total. The second-order valence-corrected chi connectivity index (χ2v) is 3.24. The van der Waals surface area contributed by atoms with Crippen molar-refractivity contribution in [2.75, 3.05) is 0 Å². The third-order valence-corrected chi connectivity index (χ3v) is 2.18. The van der Waals surface area contributed by atoms with Crippen molar-refractivity contribution in [1.82, 2.24) is 10.3 Å². The molecule has 1 atom stereocenters. The van der Waals surface area contributed by atoms with Crippen LogP contribution in [0.1, 0.15) is 24.2 Å². The van der Waals surface area contributed by atoms with Gasteiger partial charge in [0.05, 0.1) is 10.7 Å². The van der Waals surface area contributed by atoms with Crippen LogP contribution in [0.25, 0.3) is 0 Å². The summed E-state index contributed by atoms with van der Waals surface area (Å²) >= 11 is 5.78. The monoisotopic (exact) mass is 240 g/mol. The first kappa shape index (κ1) is 13.0. The molecule has 2 rings (SSSR count). The van der Waals surface area contributed by atoms with Crippen LogP contribution in [0, 0.1) is 0 Å². The van der Waals surface area contributed by atoms with E-state index in [-0.39, 0.29) is 24.8 Å². The minimum atomic E-state index is 0. The Morgan fingerprint density at radius 3 is 2.92 bits per heavy atom. The summed E-state index contributed by atoms with van der Waals surface area (Å²) in [7, 11) is 0. The molecule has 0 fully saturated rings. The van der Waals surface area contributed by atoms with Gasteiger partial charge in [-0.15, -0.1) is 24.8 Å². The van der Waals surface area contributed by atoms with Crippen molar-refractivity contribution in [3.8, 4) is 0 Å². The van der Waals surface area contributed by atoms with E-state index in [0.29, 0.717) is 6.04 Å². The maximum absolute atomic E-state index is 5.78. The molecular weight excluding hydrogens is 230 g/mol. The molecule has 0 aliphatic carbocycles. The summed E-state index contributed by atoms with van der Waals surface area (Å²) in [5.41, 5.74) is 2.36. The number of aromatic nitrogens is 1. The highest BCUT2D eigenvalue weighted by molar-refractivity contribution is 6.30. The van der Waals surface area contributed by atoms with Crippen molar-refractivity contribution < 1.29 is 0 Å². The number of nitrogens with one attached hydrogen (secondary N) is 1. The minimum Gasteiger partial charge on any atom is -0.305 e. The molecule has 0 saturated heterocycles. The van der Waals surface area contributed by atoms with Gasteiger partial charge in [0, 0.05) is 18.8 Å². The Labute approximate surface area is 94.9 Å². The van der Waals surface area contributed by atoms with Crippen molar-refractivity contribution in [3.63, 3.8) is 0 Å². The predicted molar refractivity (Wildman–Crippen MR) is 59.0 cm³/mol. The van der Waals surface area contributed by atoms with E-state index in [4.69, 9.17) is 11.6 Å². The van der Waals surface area contributed by atoms with Crippen molar-refractivity contribution in [3.05, 3.63) is 28.5 Å². The fourth-order valence-electron chi connectivity index (χ4n) is 1.38. The van der Waals surface area contributed by atoms with Crippen LogP contribution in [-0.2, 0) is 6.54 Å². The van der Waals surface area contributed by atoms with E-state index in [0.717, 1.165) is 17.3 Å². The van der Waals surface area contributed by atoms with Gasteiger partial charge in [-0.25, -0.2) is 0 Å². The molecule has 5 heteroatoms. The molecule has 1 aromatic rings. The van der Waals surface area contributed by atoms with Gasteiger partial charge < -0.3 is 5.32 Å². The molecule has 1 aliphatic heterocycles. The van der Waals surface area contributed by atoms with Crippen molar-refractivity contribution >= 4 is 36.4 Å². The zero-order chi connectivity index (χ0) is 7.84. The lowest BCUT2D eigenvalue weighted by molar-refractivity contribution is 0.623. The molecule has 0 bridgehead atoms. The molecule has 74 valence electrons. The van der Waals surface area contributed by atoms with Gasteiger partial charge in [0.1, 0.15) is 0 Å². The van der Waals surface area contributed by atoms with Gasteiger partial charge in [-0.1, -0.05) is 11.6 Å². The number of halogens is 3. The summed E-state index contributed by atoms with van der Waals surface area (Å²) < 4.78 is 0. The van der Waals surface area contributed by atoms with Gasteiger partial charge in [0.25, 0.3) is 0 Å². The molecule has 0 saturated carbocycles. The molecule has 1 unspecified atom stereocenters. The second kappa shape index (κ2) is 5.01. The molecular formula is C8H11Cl3N2. The fourth-order valence-corrected chi connectivity index (χ4v) is 1.56. The average molecular weight is 242 g/mol. The molecule has 0 spiro atoms. The molecule has 0 aromatic carbocycles. The summed E-state index contributed by atoms with van der Waals surface area (Å²) in [6.07, 6.45) is 1.70. The first-order valence-electron chi connectivity index (χ1n) is 3.65. The van der Waals surface area contributed by atoms with Crippen LogP contribution in [0.15, 0.2) is 12.3 Å². The number of fused-ring (bicyclic) bond motifs is 1. The van der Waals surface area contributed by atoms with Crippen LogP contribution in [0.2, 0.25) is 5.02 Å².